The molecule has 19 heavy (non-hydrogen) atoms. The largest absolute Gasteiger partial charge is 0.478 e. The summed E-state index contributed by atoms with van der Waals surface area (Å²) in [4.78, 5) is 12.5. The predicted molar refractivity (Wildman–Crippen MR) is 77.2 cm³/mol. The van der Waals surface area contributed by atoms with Gasteiger partial charge in [0.15, 0.2) is 0 Å². The molecule has 1 heterocycles. The Morgan fingerprint density at radius 1 is 1.58 bits per heavy atom. The second-order valence-electron chi connectivity index (χ2n) is 4.51. The molecular formula is C14H16FNO2S. The van der Waals surface area contributed by atoms with Crippen molar-refractivity contribution in [3.05, 3.63) is 35.7 Å². The molecule has 1 aromatic carbocycles. The molecule has 1 fully saturated rings. The highest BCUT2D eigenvalue weighted by atomic mass is 32.2. The number of hydrogen-bond donors (Lipinski definition) is 1. The molecule has 1 N–H and O–H groups in total. The number of thioether (sulfide) groups is 1. The van der Waals surface area contributed by atoms with E-state index in [-0.39, 0.29) is 5.82 Å². The van der Waals surface area contributed by atoms with Crippen molar-refractivity contribution in [2.24, 2.45) is 0 Å². The predicted octanol–water partition coefficient (Wildman–Crippen LogP) is 2.87. The van der Waals surface area contributed by atoms with E-state index in [0.29, 0.717) is 16.5 Å². The fourth-order valence-electron chi connectivity index (χ4n) is 2.09. The van der Waals surface area contributed by atoms with E-state index in [1.165, 1.54) is 12.1 Å². The molecule has 0 radical (unpaired) electrons. The lowest BCUT2D eigenvalue weighted by molar-refractivity contribution is -0.131. The average Bonchev–Trinajstić information content (AvgIpc) is 2.36. The fraction of sp³-hybridized carbons (Fsp3) is 0.357. The molecule has 2 rings (SSSR count). The zero-order chi connectivity index (χ0) is 13.8. The van der Waals surface area contributed by atoms with Crippen molar-refractivity contribution in [1.29, 1.82) is 0 Å². The topological polar surface area (TPSA) is 40.5 Å². The summed E-state index contributed by atoms with van der Waals surface area (Å²) in [6.07, 6.45) is 2.40. The average molecular weight is 281 g/mol. The number of carboxylic acid groups (broad SMARTS) is 1. The molecule has 0 aliphatic carbocycles. The standard InChI is InChI=1S/C14H16FNO2S/c1-10-9-16(6-7-19-10)13-4-2-11(8-12(13)15)3-5-14(17)18/h2-5,8,10H,6-7,9H2,1H3,(H,17,18)/b5-3+. The first-order valence-electron chi connectivity index (χ1n) is 6.13. The van der Waals surface area contributed by atoms with Crippen LogP contribution in [0.2, 0.25) is 0 Å². The smallest absolute Gasteiger partial charge is 0.328 e. The van der Waals surface area contributed by atoms with Crippen LogP contribution in [-0.4, -0.2) is 35.2 Å². The fourth-order valence-corrected chi connectivity index (χ4v) is 3.10. The molecule has 1 unspecified atom stereocenters. The van der Waals surface area contributed by atoms with Crippen molar-refractivity contribution in [1.82, 2.24) is 0 Å². The van der Waals surface area contributed by atoms with Crippen molar-refractivity contribution in [3.63, 3.8) is 0 Å². The number of halogens is 1. The van der Waals surface area contributed by atoms with Gasteiger partial charge in [0.05, 0.1) is 5.69 Å². The molecule has 0 saturated carbocycles. The molecule has 1 aromatic rings. The van der Waals surface area contributed by atoms with Gasteiger partial charge in [-0.3, -0.25) is 0 Å². The minimum atomic E-state index is -1.04. The quantitative estimate of drug-likeness (QED) is 0.865. The van der Waals surface area contributed by atoms with Crippen LogP contribution in [0.25, 0.3) is 6.08 Å². The third-order valence-electron chi connectivity index (χ3n) is 2.97. The van der Waals surface area contributed by atoms with Crippen LogP contribution in [0, 0.1) is 5.82 Å². The van der Waals surface area contributed by atoms with Gasteiger partial charge < -0.3 is 10.0 Å². The van der Waals surface area contributed by atoms with E-state index in [0.717, 1.165) is 24.9 Å². The SMILES string of the molecule is CC1CN(c2ccc(/C=C/C(=O)O)cc2F)CCS1. The van der Waals surface area contributed by atoms with Crippen LogP contribution in [0.4, 0.5) is 10.1 Å². The monoisotopic (exact) mass is 281 g/mol. The van der Waals surface area contributed by atoms with Gasteiger partial charge in [-0.25, -0.2) is 9.18 Å². The summed E-state index contributed by atoms with van der Waals surface area (Å²) in [5.41, 5.74) is 1.16. The van der Waals surface area contributed by atoms with Gasteiger partial charge in [0.2, 0.25) is 0 Å². The summed E-state index contributed by atoms with van der Waals surface area (Å²) in [5, 5.41) is 9.04. The third-order valence-corrected chi connectivity index (χ3v) is 4.11. The van der Waals surface area contributed by atoms with Gasteiger partial charge in [-0.05, 0) is 23.8 Å². The number of rotatable bonds is 3. The maximum absolute atomic E-state index is 14.1. The Morgan fingerprint density at radius 2 is 2.37 bits per heavy atom. The molecule has 0 amide bonds. The van der Waals surface area contributed by atoms with Gasteiger partial charge >= 0.3 is 5.97 Å². The van der Waals surface area contributed by atoms with E-state index in [4.69, 9.17) is 5.11 Å². The van der Waals surface area contributed by atoms with E-state index < -0.39 is 5.97 Å². The summed E-state index contributed by atoms with van der Waals surface area (Å²) in [7, 11) is 0. The number of nitrogens with zero attached hydrogens (tertiary/aromatic N) is 1. The van der Waals surface area contributed by atoms with Crippen LogP contribution in [0.3, 0.4) is 0 Å². The van der Waals surface area contributed by atoms with Crippen LogP contribution in [0.15, 0.2) is 24.3 Å². The maximum Gasteiger partial charge on any atom is 0.328 e. The van der Waals surface area contributed by atoms with E-state index >= 15 is 0 Å². The van der Waals surface area contributed by atoms with Crippen molar-refractivity contribution in [2.45, 2.75) is 12.2 Å². The van der Waals surface area contributed by atoms with Crippen LogP contribution in [0.1, 0.15) is 12.5 Å². The van der Waals surface area contributed by atoms with Gasteiger partial charge in [0.25, 0.3) is 0 Å². The van der Waals surface area contributed by atoms with Crippen LogP contribution in [0.5, 0.6) is 0 Å². The molecule has 1 aliphatic heterocycles. The first-order valence-corrected chi connectivity index (χ1v) is 7.18. The summed E-state index contributed by atoms with van der Waals surface area (Å²) in [6.45, 7) is 3.82. The molecule has 0 spiro atoms. The summed E-state index contributed by atoms with van der Waals surface area (Å²) >= 11 is 1.90. The van der Waals surface area contributed by atoms with E-state index in [1.807, 2.05) is 16.7 Å². The Hall–Kier alpha value is -1.49. The Labute approximate surface area is 116 Å². The summed E-state index contributed by atoms with van der Waals surface area (Å²) < 4.78 is 14.1. The lowest BCUT2D eigenvalue weighted by Crippen LogP contribution is -2.37. The zero-order valence-corrected chi connectivity index (χ0v) is 11.5. The van der Waals surface area contributed by atoms with Gasteiger partial charge in [0.1, 0.15) is 5.82 Å². The molecule has 102 valence electrons. The Balaban J connectivity index is 2.17. The lowest BCUT2D eigenvalue weighted by atomic mass is 10.1. The van der Waals surface area contributed by atoms with Gasteiger partial charge in [-0.15, -0.1) is 0 Å². The first-order chi connectivity index (χ1) is 9.06. The third kappa shape index (κ3) is 3.73. The van der Waals surface area contributed by atoms with Gasteiger partial charge in [-0.1, -0.05) is 13.0 Å². The number of anilines is 1. The molecule has 3 nitrogen and oxygen atoms in total. The van der Waals surface area contributed by atoms with Crippen molar-refractivity contribution >= 4 is 29.5 Å². The van der Waals surface area contributed by atoms with Gasteiger partial charge in [-0.2, -0.15) is 11.8 Å². The molecule has 5 heteroatoms. The van der Waals surface area contributed by atoms with Crippen molar-refractivity contribution < 1.29 is 14.3 Å². The summed E-state index contributed by atoms with van der Waals surface area (Å²) in [5.74, 6) is -0.334. The number of hydrogen-bond acceptors (Lipinski definition) is 3. The van der Waals surface area contributed by atoms with Crippen molar-refractivity contribution in [2.75, 3.05) is 23.7 Å². The summed E-state index contributed by atoms with van der Waals surface area (Å²) in [6, 6.07) is 4.84. The minimum absolute atomic E-state index is 0.299. The maximum atomic E-state index is 14.1. The number of aliphatic carboxylic acids is 1. The van der Waals surface area contributed by atoms with E-state index in [2.05, 4.69) is 6.92 Å². The highest BCUT2D eigenvalue weighted by molar-refractivity contribution is 8.00. The van der Waals surface area contributed by atoms with E-state index in [9.17, 15) is 9.18 Å². The van der Waals surface area contributed by atoms with E-state index in [1.54, 1.807) is 12.1 Å². The van der Waals surface area contributed by atoms with Crippen LogP contribution < -0.4 is 4.90 Å². The Morgan fingerprint density at radius 3 is 3.00 bits per heavy atom. The second kappa shape index (κ2) is 6.10. The number of benzene rings is 1. The van der Waals surface area contributed by atoms with Crippen LogP contribution >= 0.6 is 11.8 Å². The normalized spacial score (nSPS) is 19.9. The molecule has 0 bridgehead atoms. The molecule has 1 atom stereocenters. The number of carboxylic acids is 1. The molecule has 0 aromatic heterocycles. The molecule has 1 aliphatic rings. The molecular weight excluding hydrogens is 265 g/mol. The Kier molecular flexibility index (Phi) is 4.47. The first kappa shape index (κ1) is 13.9. The Bertz CT molecular complexity index is 504. The lowest BCUT2D eigenvalue weighted by Gasteiger charge is -2.32. The number of carbonyl (C=O) groups is 1. The highest BCUT2D eigenvalue weighted by Gasteiger charge is 2.19. The van der Waals surface area contributed by atoms with Crippen LogP contribution in [-0.2, 0) is 4.79 Å². The second-order valence-corrected chi connectivity index (χ2v) is 6.06. The minimum Gasteiger partial charge on any atom is -0.478 e. The highest BCUT2D eigenvalue weighted by Crippen LogP contribution is 2.26. The molecule has 1 saturated heterocycles. The zero-order valence-electron chi connectivity index (χ0n) is 10.7. The van der Waals surface area contributed by atoms with Crippen molar-refractivity contribution in [3.8, 4) is 0 Å². The van der Waals surface area contributed by atoms with Gasteiger partial charge in [0, 0.05) is 30.2 Å².